The molecule has 6 aromatic rings. The lowest BCUT2D eigenvalue weighted by atomic mass is 10.1. The number of ketones is 1. The predicted octanol–water partition coefficient (Wildman–Crippen LogP) is 5.61. The predicted molar refractivity (Wildman–Crippen MR) is 156 cm³/mol. The van der Waals surface area contributed by atoms with Crippen LogP contribution in [0.5, 0.6) is 0 Å². The van der Waals surface area contributed by atoms with Gasteiger partial charge in [0.25, 0.3) is 5.56 Å². The van der Waals surface area contributed by atoms with E-state index in [1.165, 1.54) is 40.9 Å². The van der Waals surface area contributed by atoms with Gasteiger partial charge >= 0.3 is 0 Å². The third-order valence-electron chi connectivity index (χ3n) is 6.33. The maximum Gasteiger partial charge on any atom is 0.282 e. The van der Waals surface area contributed by atoms with E-state index in [1.54, 1.807) is 4.57 Å². The van der Waals surface area contributed by atoms with Crippen molar-refractivity contribution < 1.29 is 4.79 Å². The Morgan fingerprint density at radius 3 is 2.56 bits per heavy atom. The van der Waals surface area contributed by atoms with Crippen LogP contribution in [0.25, 0.3) is 33.2 Å². The number of nitrogens with zero attached hydrogens (tertiary/aromatic N) is 5. The number of carbonyl (C=O) groups excluding carboxylic acids is 1. The van der Waals surface area contributed by atoms with Gasteiger partial charge in [0.2, 0.25) is 0 Å². The van der Waals surface area contributed by atoms with E-state index in [0.29, 0.717) is 18.1 Å². The number of aromatic nitrogens is 5. The SMILES string of the molecule is O=C(CSc1nc2nccnc2c(=O)n1CCc1ccccc1)Cc1nc(-c2ccc3ccccc3c2)cs1. The topological polar surface area (TPSA) is 90.6 Å². The molecular weight excluding hydrogens is 526 g/mol. The summed E-state index contributed by atoms with van der Waals surface area (Å²) < 4.78 is 1.60. The number of aryl methyl sites for hydroxylation is 1. The molecule has 6 rings (SSSR count). The van der Waals surface area contributed by atoms with Crippen molar-refractivity contribution in [1.82, 2.24) is 24.5 Å². The first-order chi connectivity index (χ1) is 19.1. The molecule has 0 saturated carbocycles. The summed E-state index contributed by atoms with van der Waals surface area (Å²) >= 11 is 2.74. The molecule has 0 aliphatic rings. The normalized spacial score (nSPS) is 11.3. The number of hydrogen-bond acceptors (Lipinski definition) is 8. The molecule has 0 aliphatic carbocycles. The first-order valence-corrected chi connectivity index (χ1v) is 14.3. The van der Waals surface area contributed by atoms with Gasteiger partial charge in [0.1, 0.15) is 10.8 Å². The Hall–Kier alpha value is -4.21. The van der Waals surface area contributed by atoms with Crippen LogP contribution < -0.4 is 5.56 Å². The molecule has 3 heterocycles. The van der Waals surface area contributed by atoms with Crippen LogP contribution in [0.15, 0.2) is 101 Å². The molecule has 0 atom stereocenters. The molecular formula is C30H23N5O2S2. The third-order valence-corrected chi connectivity index (χ3v) is 8.22. The van der Waals surface area contributed by atoms with Crippen molar-refractivity contribution in [2.75, 3.05) is 5.75 Å². The van der Waals surface area contributed by atoms with Crippen molar-refractivity contribution in [2.45, 2.75) is 24.5 Å². The molecule has 0 aliphatic heterocycles. The van der Waals surface area contributed by atoms with Crippen molar-refractivity contribution in [1.29, 1.82) is 0 Å². The van der Waals surface area contributed by atoms with E-state index in [4.69, 9.17) is 4.98 Å². The highest BCUT2D eigenvalue weighted by Crippen LogP contribution is 2.26. The number of Topliss-reactive ketones (excluding diaryl/α,β-unsaturated/α-hetero) is 1. The van der Waals surface area contributed by atoms with Gasteiger partial charge in [-0.25, -0.2) is 19.9 Å². The summed E-state index contributed by atoms with van der Waals surface area (Å²) in [6, 6.07) is 24.4. The second kappa shape index (κ2) is 11.3. The van der Waals surface area contributed by atoms with Crippen LogP contribution in [-0.2, 0) is 24.2 Å². The Morgan fingerprint density at radius 1 is 0.897 bits per heavy atom. The minimum atomic E-state index is -0.251. The number of carbonyl (C=O) groups is 1. The first-order valence-electron chi connectivity index (χ1n) is 12.5. The molecule has 0 radical (unpaired) electrons. The molecule has 0 bridgehead atoms. The standard InChI is InChI=1S/C30H23N5O2S2/c36-24(17-26-33-25(19-38-26)23-11-10-21-8-4-5-9-22(21)16-23)18-39-30-34-28-27(31-13-14-32-28)29(37)35(30)15-12-20-6-2-1-3-7-20/h1-11,13-14,16,19H,12,15,17-18H2. The number of thioether (sulfide) groups is 1. The second-order valence-corrected chi connectivity index (χ2v) is 10.9. The Morgan fingerprint density at radius 2 is 1.69 bits per heavy atom. The molecule has 0 amide bonds. The van der Waals surface area contributed by atoms with Gasteiger partial charge in [-0.1, -0.05) is 78.5 Å². The van der Waals surface area contributed by atoms with Crippen LogP contribution >= 0.6 is 23.1 Å². The fourth-order valence-electron chi connectivity index (χ4n) is 4.36. The van der Waals surface area contributed by atoms with Gasteiger partial charge in [-0.15, -0.1) is 11.3 Å². The molecule has 0 spiro atoms. The second-order valence-electron chi connectivity index (χ2n) is 9.01. The highest BCUT2D eigenvalue weighted by molar-refractivity contribution is 7.99. The zero-order chi connectivity index (χ0) is 26.6. The number of thiazole rings is 1. The van der Waals surface area contributed by atoms with Crippen molar-refractivity contribution in [3.05, 3.63) is 111 Å². The van der Waals surface area contributed by atoms with E-state index in [-0.39, 0.29) is 34.7 Å². The quantitative estimate of drug-likeness (QED) is 0.171. The fraction of sp³-hybridized carbons (Fsp3) is 0.133. The first kappa shape index (κ1) is 25.1. The van der Waals surface area contributed by atoms with Gasteiger partial charge < -0.3 is 0 Å². The van der Waals surface area contributed by atoms with Crippen LogP contribution in [0.4, 0.5) is 0 Å². The maximum absolute atomic E-state index is 13.2. The molecule has 3 aromatic carbocycles. The van der Waals surface area contributed by atoms with Crippen molar-refractivity contribution in [3.8, 4) is 11.3 Å². The summed E-state index contributed by atoms with van der Waals surface area (Å²) in [4.78, 5) is 43.9. The van der Waals surface area contributed by atoms with Crippen LogP contribution in [0.2, 0.25) is 0 Å². The van der Waals surface area contributed by atoms with Crippen molar-refractivity contribution >= 4 is 50.8 Å². The zero-order valence-electron chi connectivity index (χ0n) is 20.9. The van der Waals surface area contributed by atoms with Crippen LogP contribution in [0, 0.1) is 0 Å². The van der Waals surface area contributed by atoms with Gasteiger partial charge in [-0.3, -0.25) is 14.2 Å². The van der Waals surface area contributed by atoms with Gasteiger partial charge in [-0.05, 0) is 28.8 Å². The Balaban J connectivity index is 1.17. The molecule has 3 aromatic heterocycles. The van der Waals surface area contributed by atoms with Crippen LogP contribution in [-0.4, -0.2) is 36.0 Å². The van der Waals surface area contributed by atoms with Crippen molar-refractivity contribution in [3.63, 3.8) is 0 Å². The van der Waals surface area contributed by atoms with Gasteiger partial charge in [0.15, 0.2) is 16.3 Å². The van der Waals surface area contributed by atoms with E-state index in [1.807, 2.05) is 47.8 Å². The minimum absolute atomic E-state index is 0.0162. The lowest BCUT2D eigenvalue weighted by Crippen LogP contribution is -2.25. The molecule has 0 saturated heterocycles. The van der Waals surface area contributed by atoms with E-state index >= 15 is 0 Å². The molecule has 39 heavy (non-hydrogen) atoms. The number of rotatable bonds is 9. The largest absolute Gasteiger partial charge is 0.298 e. The van der Waals surface area contributed by atoms with E-state index in [0.717, 1.165) is 27.2 Å². The van der Waals surface area contributed by atoms with Crippen molar-refractivity contribution in [2.24, 2.45) is 0 Å². The minimum Gasteiger partial charge on any atom is -0.298 e. The highest BCUT2D eigenvalue weighted by atomic mass is 32.2. The molecule has 9 heteroatoms. The molecule has 0 unspecified atom stereocenters. The number of benzene rings is 3. The highest BCUT2D eigenvalue weighted by Gasteiger charge is 2.16. The zero-order valence-corrected chi connectivity index (χ0v) is 22.5. The summed E-state index contributed by atoms with van der Waals surface area (Å²) in [5, 5.41) is 5.56. The molecule has 0 N–H and O–H groups in total. The number of fused-ring (bicyclic) bond motifs is 2. The molecule has 7 nitrogen and oxygen atoms in total. The monoisotopic (exact) mass is 549 g/mol. The summed E-state index contributed by atoms with van der Waals surface area (Å²) in [5.41, 5.74) is 3.27. The Kier molecular flexibility index (Phi) is 7.25. The lowest BCUT2D eigenvalue weighted by molar-refractivity contribution is -0.116. The number of hydrogen-bond donors (Lipinski definition) is 0. The Labute approximate surface area is 232 Å². The summed E-state index contributed by atoms with van der Waals surface area (Å²) in [6.07, 6.45) is 3.89. The maximum atomic E-state index is 13.2. The summed E-state index contributed by atoms with van der Waals surface area (Å²) in [7, 11) is 0. The van der Waals surface area contributed by atoms with Crippen LogP contribution in [0.1, 0.15) is 10.6 Å². The average molecular weight is 550 g/mol. The lowest BCUT2D eigenvalue weighted by Gasteiger charge is -2.12. The Bertz CT molecular complexity index is 1850. The fourth-order valence-corrected chi connectivity index (χ4v) is 6.07. The van der Waals surface area contributed by atoms with E-state index < -0.39 is 0 Å². The third kappa shape index (κ3) is 5.64. The summed E-state index contributed by atoms with van der Waals surface area (Å²) in [5.74, 6) is 0.191. The molecule has 0 fully saturated rings. The molecule has 192 valence electrons. The summed E-state index contributed by atoms with van der Waals surface area (Å²) in [6.45, 7) is 0.431. The van der Waals surface area contributed by atoms with Crippen LogP contribution in [0.3, 0.4) is 0 Å². The van der Waals surface area contributed by atoms with Gasteiger partial charge in [0.05, 0.1) is 17.9 Å². The smallest absolute Gasteiger partial charge is 0.282 e. The van der Waals surface area contributed by atoms with E-state index in [2.05, 4.69) is 45.3 Å². The average Bonchev–Trinajstić information content (AvgIpc) is 3.44. The van der Waals surface area contributed by atoms with Gasteiger partial charge in [-0.2, -0.15) is 0 Å². The van der Waals surface area contributed by atoms with Gasteiger partial charge in [0, 0.05) is 29.9 Å². The van der Waals surface area contributed by atoms with E-state index in [9.17, 15) is 9.59 Å².